The van der Waals surface area contributed by atoms with E-state index in [2.05, 4.69) is 51.9 Å². The minimum Gasteiger partial charge on any atom is -0.358 e. The van der Waals surface area contributed by atoms with Gasteiger partial charge in [-0.1, -0.05) is 47.7 Å². The van der Waals surface area contributed by atoms with E-state index in [4.69, 9.17) is 9.97 Å². The monoisotopic (exact) mass is 548 g/mol. The molecule has 0 bridgehead atoms. The molecule has 9 nitrogen and oxygen atoms in total. The SMILES string of the molecule is Cc1ccccc1-c1nc(-c2nc3ccccc3[nH]2)c(N2CCN(C(=O)Cn3cnc4cccnc43)[C@H](C)C2)s1. The summed E-state index contributed by atoms with van der Waals surface area (Å²) in [6.07, 6.45) is 3.42. The first-order valence-electron chi connectivity index (χ1n) is 13.4. The van der Waals surface area contributed by atoms with Gasteiger partial charge < -0.3 is 19.4 Å². The predicted octanol–water partition coefficient (Wildman–Crippen LogP) is 5.14. The Bertz CT molecular complexity index is 1820. The van der Waals surface area contributed by atoms with E-state index in [1.807, 2.05) is 51.9 Å². The van der Waals surface area contributed by atoms with E-state index in [0.29, 0.717) is 19.6 Å². The molecule has 1 atom stereocenters. The highest BCUT2D eigenvalue weighted by Crippen LogP contribution is 2.41. The summed E-state index contributed by atoms with van der Waals surface area (Å²) in [4.78, 5) is 40.0. The number of fused-ring (bicyclic) bond motifs is 2. The fraction of sp³-hybridized carbons (Fsp3) is 0.233. The lowest BCUT2D eigenvalue weighted by Gasteiger charge is -2.40. The zero-order valence-corrected chi connectivity index (χ0v) is 23.1. The molecule has 0 radical (unpaired) electrons. The molecule has 1 saturated heterocycles. The van der Waals surface area contributed by atoms with Gasteiger partial charge in [0.1, 0.15) is 27.8 Å². The number of hydrogen-bond donors (Lipinski definition) is 1. The molecule has 5 heterocycles. The van der Waals surface area contributed by atoms with Crippen LogP contribution in [0.1, 0.15) is 12.5 Å². The van der Waals surface area contributed by atoms with Gasteiger partial charge in [0.2, 0.25) is 5.91 Å². The highest BCUT2D eigenvalue weighted by Gasteiger charge is 2.31. The topological polar surface area (TPSA) is 95.8 Å². The molecule has 6 aromatic rings. The van der Waals surface area contributed by atoms with Crippen LogP contribution in [0, 0.1) is 6.92 Å². The van der Waals surface area contributed by atoms with Gasteiger partial charge in [0.05, 0.1) is 17.4 Å². The third-order valence-corrected chi connectivity index (χ3v) is 8.66. The number of anilines is 1. The summed E-state index contributed by atoms with van der Waals surface area (Å²) < 4.78 is 1.83. The molecule has 1 aliphatic heterocycles. The summed E-state index contributed by atoms with van der Waals surface area (Å²) in [5.74, 6) is 0.831. The standard InChI is InChI=1S/C30H28N8OS/c1-19-8-3-4-9-21(19)29-35-26(27-33-22-10-5-6-11-23(22)34-27)30(40-29)36-14-15-38(20(2)16-36)25(39)17-37-18-32-24-12-7-13-31-28(24)37/h3-13,18,20H,14-17H2,1-2H3,(H,33,34)/t20-/m1/s1. The van der Waals surface area contributed by atoms with Crippen molar-refractivity contribution in [3.63, 3.8) is 0 Å². The van der Waals surface area contributed by atoms with E-state index >= 15 is 0 Å². The van der Waals surface area contributed by atoms with E-state index in [9.17, 15) is 4.79 Å². The van der Waals surface area contributed by atoms with Crippen LogP contribution < -0.4 is 4.90 Å². The smallest absolute Gasteiger partial charge is 0.242 e. The number of aromatic nitrogens is 6. The molecule has 1 amide bonds. The number of H-pyrrole nitrogens is 1. The number of pyridine rings is 1. The molecule has 10 heteroatoms. The molecule has 7 rings (SSSR count). The molecule has 0 unspecified atom stereocenters. The predicted molar refractivity (Wildman–Crippen MR) is 158 cm³/mol. The third kappa shape index (κ3) is 4.30. The average molecular weight is 549 g/mol. The number of carbonyl (C=O) groups excluding carboxylic acids is 1. The molecule has 40 heavy (non-hydrogen) atoms. The number of benzene rings is 2. The van der Waals surface area contributed by atoms with Crippen molar-refractivity contribution in [1.29, 1.82) is 0 Å². The minimum atomic E-state index is 0.0246. The van der Waals surface area contributed by atoms with Crippen molar-refractivity contribution in [2.75, 3.05) is 24.5 Å². The third-order valence-electron chi connectivity index (χ3n) is 7.51. The number of aryl methyl sites for hydroxylation is 1. The first-order chi connectivity index (χ1) is 19.5. The number of amides is 1. The second kappa shape index (κ2) is 9.87. The van der Waals surface area contributed by atoms with Crippen LogP contribution in [0.15, 0.2) is 73.2 Å². The zero-order valence-electron chi connectivity index (χ0n) is 22.3. The Morgan fingerprint density at radius 1 is 1.00 bits per heavy atom. The summed E-state index contributed by atoms with van der Waals surface area (Å²) in [6, 6.07) is 20.2. The van der Waals surface area contributed by atoms with Crippen LogP contribution in [0.2, 0.25) is 0 Å². The van der Waals surface area contributed by atoms with Crippen LogP contribution in [-0.2, 0) is 11.3 Å². The average Bonchev–Trinajstić information content (AvgIpc) is 3.70. The number of thiazole rings is 1. The van der Waals surface area contributed by atoms with E-state index in [-0.39, 0.29) is 18.5 Å². The largest absolute Gasteiger partial charge is 0.358 e. The maximum absolute atomic E-state index is 13.4. The van der Waals surface area contributed by atoms with Crippen molar-refractivity contribution in [2.45, 2.75) is 26.4 Å². The summed E-state index contributed by atoms with van der Waals surface area (Å²) >= 11 is 1.69. The van der Waals surface area contributed by atoms with Crippen LogP contribution in [0.25, 0.3) is 44.3 Å². The molecule has 0 spiro atoms. The van der Waals surface area contributed by atoms with Gasteiger partial charge in [-0.2, -0.15) is 0 Å². The van der Waals surface area contributed by atoms with Gasteiger partial charge >= 0.3 is 0 Å². The molecular weight excluding hydrogens is 520 g/mol. The lowest BCUT2D eigenvalue weighted by atomic mass is 10.1. The molecule has 1 fully saturated rings. The van der Waals surface area contributed by atoms with E-state index < -0.39 is 0 Å². The van der Waals surface area contributed by atoms with E-state index in [0.717, 1.165) is 49.3 Å². The molecule has 0 saturated carbocycles. The quantitative estimate of drug-likeness (QED) is 0.320. The second-order valence-corrected chi connectivity index (χ2v) is 11.2. The van der Waals surface area contributed by atoms with Crippen LogP contribution >= 0.6 is 11.3 Å². The maximum atomic E-state index is 13.4. The van der Waals surface area contributed by atoms with Crippen LogP contribution in [-0.4, -0.2) is 66.0 Å². The number of carbonyl (C=O) groups is 1. The number of nitrogens with one attached hydrogen (secondary N) is 1. The minimum absolute atomic E-state index is 0.0246. The van der Waals surface area contributed by atoms with Crippen molar-refractivity contribution >= 4 is 44.4 Å². The van der Waals surface area contributed by atoms with Crippen LogP contribution in [0.5, 0.6) is 0 Å². The molecular formula is C30H28N8OS. The van der Waals surface area contributed by atoms with Crippen molar-refractivity contribution < 1.29 is 4.79 Å². The maximum Gasteiger partial charge on any atom is 0.242 e. The lowest BCUT2D eigenvalue weighted by molar-refractivity contribution is -0.134. The molecule has 200 valence electrons. The van der Waals surface area contributed by atoms with Gasteiger partial charge in [-0.25, -0.2) is 19.9 Å². The Labute approximate surface area is 235 Å². The van der Waals surface area contributed by atoms with E-state index in [1.165, 1.54) is 5.56 Å². The van der Waals surface area contributed by atoms with Crippen molar-refractivity contribution in [2.24, 2.45) is 0 Å². The highest BCUT2D eigenvalue weighted by atomic mass is 32.1. The Morgan fingerprint density at radius 3 is 2.67 bits per heavy atom. The summed E-state index contributed by atoms with van der Waals surface area (Å²) in [7, 11) is 0. The van der Waals surface area contributed by atoms with Gasteiger partial charge in [-0.15, -0.1) is 0 Å². The number of nitrogens with zero attached hydrogens (tertiary/aromatic N) is 7. The van der Waals surface area contributed by atoms with Crippen LogP contribution in [0.4, 0.5) is 5.00 Å². The van der Waals surface area contributed by atoms with Gasteiger partial charge in [-0.05, 0) is 43.7 Å². The normalized spacial score (nSPS) is 15.8. The fourth-order valence-corrected chi connectivity index (χ4v) is 6.63. The Kier molecular flexibility index (Phi) is 6.04. The van der Waals surface area contributed by atoms with Gasteiger partial charge in [0.15, 0.2) is 11.5 Å². The zero-order chi connectivity index (χ0) is 27.2. The van der Waals surface area contributed by atoms with Crippen molar-refractivity contribution in [3.05, 3.63) is 78.8 Å². The highest BCUT2D eigenvalue weighted by molar-refractivity contribution is 7.19. The molecule has 4 aromatic heterocycles. The second-order valence-electron chi connectivity index (χ2n) is 10.2. The summed E-state index contributed by atoms with van der Waals surface area (Å²) in [5.41, 5.74) is 6.58. The first kappa shape index (κ1) is 24.5. The summed E-state index contributed by atoms with van der Waals surface area (Å²) in [5, 5.41) is 2.04. The molecule has 1 aliphatic rings. The lowest BCUT2D eigenvalue weighted by Crippen LogP contribution is -2.54. The number of piperazine rings is 1. The summed E-state index contributed by atoms with van der Waals surface area (Å²) in [6.45, 7) is 6.48. The Morgan fingerprint density at radius 2 is 1.82 bits per heavy atom. The Balaban J connectivity index is 1.18. The molecule has 0 aliphatic carbocycles. The van der Waals surface area contributed by atoms with Crippen LogP contribution in [0.3, 0.4) is 0 Å². The van der Waals surface area contributed by atoms with Crippen molar-refractivity contribution in [1.82, 2.24) is 34.4 Å². The number of para-hydroxylation sites is 2. The van der Waals surface area contributed by atoms with Crippen molar-refractivity contribution in [3.8, 4) is 22.1 Å². The fourth-order valence-electron chi connectivity index (χ4n) is 5.44. The number of hydrogen-bond acceptors (Lipinski definition) is 7. The Hall–Kier alpha value is -4.57. The molecule has 1 N–H and O–H groups in total. The van der Waals surface area contributed by atoms with Gasteiger partial charge in [-0.3, -0.25) is 4.79 Å². The van der Waals surface area contributed by atoms with Gasteiger partial charge in [0.25, 0.3) is 0 Å². The molecule has 2 aromatic carbocycles. The number of imidazole rings is 2. The van der Waals surface area contributed by atoms with E-state index in [1.54, 1.807) is 23.9 Å². The number of rotatable bonds is 5. The number of aromatic amines is 1. The first-order valence-corrected chi connectivity index (χ1v) is 14.2. The van der Waals surface area contributed by atoms with Gasteiger partial charge in [0, 0.05) is 37.4 Å².